The topological polar surface area (TPSA) is 85.6 Å². The zero-order chi connectivity index (χ0) is 20.8. The second kappa shape index (κ2) is 6.80. The van der Waals surface area contributed by atoms with E-state index in [4.69, 9.17) is 0 Å². The molecule has 3 heterocycles. The normalized spacial score (nSPS) is 11.9. The number of fused-ring (bicyclic) bond motifs is 3. The van der Waals surface area contributed by atoms with Crippen LogP contribution in [-0.4, -0.2) is 31.0 Å². The lowest BCUT2D eigenvalue weighted by molar-refractivity contribution is -0.141. The number of aromatic nitrogens is 5. The lowest BCUT2D eigenvalue weighted by Gasteiger charge is -2.08. The Kier molecular flexibility index (Phi) is 4.40. The number of halogens is 3. The molecule has 0 bridgehead atoms. The number of hydrogen-bond acceptors (Lipinski definition) is 5. The summed E-state index contributed by atoms with van der Waals surface area (Å²) < 4.78 is 39.0. The lowest BCUT2D eigenvalue weighted by Crippen LogP contribution is -2.29. The molecule has 0 spiro atoms. The molecule has 0 unspecified atom stereocenters. The molecule has 1 aromatic carbocycles. The molecular weight excluding hydrogens is 385 g/mol. The highest BCUT2D eigenvalue weighted by molar-refractivity contribution is 6.08. The van der Waals surface area contributed by atoms with Crippen LogP contribution in [0.25, 0.3) is 21.8 Å². The quantitative estimate of drug-likeness (QED) is 0.554. The van der Waals surface area contributed by atoms with Gasteiger partial charge in [-0.1, -0.05) is 18.2 Å². The van der Waals surface area contributed by atoms with Crippen molar-refractivity contribution in [3.8, 4) is 0 Å². The second-order valence-electron chi connectivity index (χ2n) is 6.50. The lowest BCUT2D eigenvalue weighted by atomic mass is 10.1. The predicted octanol–water partition coefficient (Wildman–Crippen LogP) is 3.77. The Hall–Kier alpha value is -3.56. The van der Waals surface area contributed by atoms with Gasteiger partial charge < -0.3 is 5.32 Å². The zero-order valence-electron chi connectivity index (χ0n) is 15.4. The van der Waals surface area contributed by atoms with E-state index in [1.165, 1.54) is 10.7 Å². The molecule has 0 aliphatic rings. The summed E-state index contributed by atoms with van der Waals surface area (Å²) in [5, 5.41) is 15.2. The van der Waals surface area contributed by atoms with Crippen molar-refractivity contribution in [3.05, 3.63) is 59.2 Å². The molecule has 4 aromatic rings. The van der Waals surface area contributed by atoms with Crippen molar-refractivity contribution >= 4 is 27.8 Å². The van der Waals surface area contributed by atoms with Crippen LogP contribution >= 0.6 is 0 Å². The number of para-hydroxylation sites is 1. The van der Waals surface area contributed by atoms with Crippen LogP contribution in [0.15, 0.2) is 36.4 Å². The standard InChI is InChI=1S/C19H15F3N6O/c1-10-16-11(2)27-28(17(16)13-5-3-4-6-14(13)24-10)18(29)23-9-12-7-8-15(26-25-12)19(20,21)22/h3-8H,9H2,1-2H3,(H,23,29). The number of carbonyl (C=O) groups is 1. The number of benzene rings is 1. The van der Waals surface area contributed by atoms with Crippen LogP contribution in [0.5, 0.6) is 0 Å². The maximum Gasteiger partial charge on any atom is 0.435 e. The van der Waals surface area contributed by atoms with Gasteiger partial charge in [-0.3, -0.25) is 4.98 Å². The SMILES string of the molecule is Cc1nc2ccccc2c2c1c(C)nn2C(=O)NCc1ccc(C(F)(F)F)nn1. The fraction of sp³-hybridized carbons (Fsp3) is 0.211. The third-order valence-corrected chi connectivity index (χ3v) is 4.49. The number of carbonyl (C=O) groups excluding carboxylic acids is 1. The molecule has 148 valence electrons. The van der Waals surface area contributed by atoms with Gasteiger partial charge in [0.15, 0.2) is 5.69 Å². The van der Waals surface area contributed by atoms with Gasteiger partial charge in [0.1, 0.15) is 0 Å². The molecule has 0 atom stereocenters. The number of nitrogens with zero attached hydrogens (tertiary/aromatic N) is 5. The van der Waals surface area contributed by atoms with Crippen LogP contribution in [0.4, 0.5) is 18.0 Å². The van der Waals surface area contributed by atoms with Crippen LogP contribution in [0.2, 0.25) is 0 Å². The zero-order valence-corrected chi connectivity index (χ0v) is 15.4. The van der Waals surface area contributed by atoms with Crippen LogP contribution in [0.1, 0.15) is 22.8 Å². The average Bonchev–Trinajstić information content (AvgIpc) is 3.04. The molecule has 1 N–H and O–H groups in total. The summed E-state index contributed by atoms with van der Waals surface area (Å²) >= 11 is 0. The van der Waals surface area contributed by atoms with Crippen molar-refractivity contribution in [3.63, 3.8) is 0 Å². The molecule has 3 aromatic heterocycles. The first-order chi connectivity index (χ1) is 13.8. The number of alkyl halides is 3. The summed E-state index contributed by atoms with van der Waals surface area (Å²) in [6.45, 7) is 3.55. The summed E-state index contributed by atoms with van der Waals surface area (Å²) in [4.78, 5) is 17.3. The van der Waals surface area contributed by atoms with Crippen molar-refractivity contribution in [1.29, 1.82) is 0 Å². The Bertz CT molecular complexity index is 1230. The highest BCUT2D eigenvalue weighted by Gasteiger charge is 2.32. The molecule has 4 rings (SSSR count). The van der Waals surface area contributed by atoms with Crippen molar-refractivity contribution in [2.45, 2.75) is 26.6 Å². The van der Waals surface area contributed by atoms with Crippen LogP contribution in [0.3, 0.4) is 0 Å². The summed E-state index contributed by atoms with van der Waals surface area (Å²) in [7, 11) is 0. The van der Waals surface area contributed by atoms with Crippen molar-refractivity contribution in [2.24, 2.45) is 0 Å². The molecular formula is C19H15F3N6O. The van der Waals surface area contributed by atoms with E-state index in [1.54, 1.807) is 6.92 Å². The summed E-state index contributed by atoms with van der Waals surface area (Å²) in [6.07, 6.45) is -4.56. The number of hydrogen-bond donors (Lipinski definition) is 1. The molecule has 0 aliphatic carbocycles. The first-order valence-corrected chi connectivity index (χ1v) is 8.68. The molecule has 0 fully saturated rings. The Balaban J connectivity index is 1.66. The molecule has 10 heteroatoms. The summed E-state index contributed by atoms with van der Waals surface area (Å²) in [5.74, 6) is 0. The Morgan fingerprint density at radius 1 is 1.07 bits per heavy atom. The largest absolute Gasteiger partial charge is 0.435 e. The summed E-state index contributed by atoms with van der Waals surface area (Å²) in [6, 6.07) is 8.89. The predicted molar refractivity (Wildman–Crippen MR) is 99.2 cm³/mol. The van der Waals surface area contributed by atoms with Gasteiger partial charge in [-0.05, 0) is 32.0 Å². The van der Waals surface area contributed by atoms with Gasteiger partial charge in [0.25, 0.3) is 0 Å². The van der Waals surface area contributed by atoms with Crippen LogP contribution in [0, 0.1) is 13.8 Å². The van der Waals surface area contributed by atoms with E-state index in [0.29, 0.717) is 11.2 Å². The molecule has 29 heavy (non-hydrogen) atoms. The third kappa shape index (κ3) is 3.37. The maximum atomic E-state index is 12.8. The second-order valence-corrected chi connectivity index (χ2v) is 6.50. The molecule has 0 aliphatic heterocycles. The molecule has 0 saturated carbocycles. The van der Waals surface area contributed by atoms with Gasteiger partial charge in [-0.25, -0.2) is 4.79 Å². The molecule has 0 radical (unpaired) electrons. The molecule has 1 amide bonds. The first kappa shape index (κ1) is 18.8. The maximum absolute atomic E-state index is 12.8. The Labute approximate surface area is 162 Å². The minimum absolute atomic E-state index is 0.0909. The number of rotatable bonds is 2. The molecule has 0 saturated heterocycles. The highest BCUT2D eigenvalue weighted by atomic mass is 19.4. The van der Waals surface area contributed by atoms with E-state index in [1.807, 2.05) is 31.2 Å². The molecule has 7 nitrogen and oxygen atoms in total. The number of amides is 1. The van der Waals surface area contributed by atoms with E-state index in [0.717, 1.165) is 28.0 Å². The summed E-state index contributed by atoms with van der Waals surface area (Å²) in [5.41, 5.74) is 1.88. The van der Waals surface area contributed by atoms with E-state index in [2.05, 4.69) is 25.6 Å². The monoisotopic (exact) mass is 400 g/mol. The van der Waals surface area contributed by atoms with Crippen molar-refractivity contribution in [1.82, 2.24) is 30.3 Å². The van der Waals surface area contributed by atoms with Gasteiger partial charge in [-0.15, -0.1) is 5.10 Å². The van der Waals surface area contributed by atoms with E-state index in [9.17, 15) is 18.0 Å². The number of pyridine rings is 1. The van der Waals surface area contributed by atoms with E-state index >= 15 is 0 Å². The Morgan fingerprint density at radius 2 is 1.83 bits per heavy atom. The highest BCUT2D eigenvalue weighted by Crippen LogP contribution is 2.28. The van der Waals surface area contributed by atoms with E-state index < -0.39 is 17.9 Å². The number of aryl methyl sites for hydroxylation is 2. The fourth-order valence-electron chi connectivity index (χ4n) is 3.21. The van der Waals surface area contributed by atoms with Gasteiger partial charge in [0.05, 0.1) is 29.0 Å². The van der Waals surface area contributed by atoms with Crippen molar-refractivity contribution in [2.75, 3.05) is 0 Å². The Morgan fingerprint density at radius 3 is 2.52 bits per heavy atom. The van der Waals surface area contributed by atoms with Gasteiger partial charge in [0, 0.05) is 16.5 Å². The van der Waals surface area contributed by atoms with Gasteiger partial charge in [-0.2, -0.15) is 28.1 Å². The van der Waals surface area contributed by atoms with E-state index in [-0.39, 0.29) is 12.2 Å². The van der Waals surface area contributed by atoms with Crippen LogP contribution < -0.4 is 5.32 Å². The number of nitrogens with one attached hydrogen (secondary N) is 1. The smallest absolute Gasteiger partial charge is 0.330 e. The minimum Gasteiger partial charge on any atom is -0.330 e. The third-order valence-electron chi connectivity index (χ3n) is 4.49. The van der Waals surface area contributed by atoms with Crippen molar-refractivity contribution < 1.29 is 18.0 Å². The minimum atomic E-state index is -4.56. The van der Waals surface area contributed by atoms with Crippen LogP contribution in [-0.2, 0) is 12.7 Å². The average molecular weight is 400 g/mol. The van der Waals surface area contributed by atoms with Gasteiger partial charge >= 0.3 is 12.2 Å². The fourth-order valence-corrected chi connectivity index (χ4v) is 3.21. The van der Waals surface area contributed by atoms with Gasteiger partial charge in [0.2, 0.25) is 0 Å². The first-order valence-electron chi connectivity index (χ1n) is 8.68.